The van der Waals surface area contributed by atoms with Crippen LogP contribution in [0.4, 0.5) is 0 Å². The quantitative estimate of drug-likeness (QED) is 0.734. The Morgan fingerprint density at radius 2 is 1.63 bits per heavy atom. The fourth-order valence-electron chi connectivity index (χ4n) is 4.65. The lowest BCUT2D eigenvalue weighted by atomic mass is 9.95. The number of nitrogens with zero attached hydrogens (tertiary/aromatic N) is 1. The molecule has 0 bridgehead atoms. The third-order valence-electron chi connectivity index (χ3n) is 5.99. The lowest BCUT2D eigenvalue weighted by molar-refractivity contribution is 0.0791. The van der Waals surface area contributed by atoms with Gasteiger partial charge in [0.1, 0.15) is 0 Å². The first-order valence-electron chi connectivity index (χ1n) is 9.35. The summed E-state index contributed by atoms with van der Waals surface area (Å²) in [5.74, 6) is 0.311. The van der Waals surface area contributed by atoms with Gasteiger partial charge in [-0.15, -0.1) is 12.4 Å². The maximum Gasteiger partial charge on any atom is 0.254 e. The van der Waals surface area contributed by atoms with Gasteiger partial charge in [0.2, 0.25) is 0 Å². The molecule has 3 aromatic rings. The predicted octanol–water partition coefficient (Wildman–Crippen LogP) is 3.93. The number of aryl methyl sites for hydroxylation is 2. The molecule has 3 aromatic carbocycles. The molecular formula is C23H23ClN2O. The van der Waals surface area contributed by atoms with Crippen LogP contribution in [0.5, 0.6) is 0 Å². The minimum Gasteiger partial charge on any atom is -0.336 e. The Balaban J connectivity index is 0.00000180. The summed E-state index contributed by atoms with van der Waals surface area (Å²) in [6.07, 6.45) is 2.16. The van der Waals surface area contributed by atoms with E-state index in [-0.39, 0.29) is 30.3 Å². The zero-order valence-electron chi connectivity index (χ0n) is 15.1. The SMILES string of the molecule is Cl.N[C@@H]1CN(C(=O)c2ccc3c4c(cccc24)CC3)C[C@H]1c1ccccc1. The highest BCUT2D eigenvalue weighted by molar-refractivity contribution is 6.09. The van der Waals surface area contributed by atoms with Crippen LogP contribution in [0.2, 0.25) is 0 Å². The zero-order chi connectivity index (χ0) is 17.7. The third kappa shape index (κ3) is 2.91. The molecule has 0 saturated carbocycles. The molecule has 4 heteroatoms. The first kappa shape index (κ1) is 18.0. The number of benzene rings is 3. The van der Waals surface area contributed by atoms with E-state index in [1.54, 1.807) is 0 Å². The molecule has 0 radical (unpaired) electrons. The minimum absolute atomic E-state index is 0. The maximum atomic E-state index is 13.3. The van der Waals surface area contributed by atoms with E-state index in [4.69, 9.17) is 5.73 Å². The van der Waals surface area contributed by atoms with Crippen LogP contribution in [0.3, 0.4) is 0 Å². The highest BCUT2D eigenvalue weighted by atomic mass is 35.5. The summed E-state index contributed by atoms with van der Waals surface area (Å²) in [5, 5.41) is 2.39. The van der Waals surface area contributed by atoms with Crippen molar-refractivity contribution in [3.63, 3.8) is 0 Å². The molecule has 1 saturated heterocycles. The molecule has 1 fully saturated rings. The Bertz CT molecular complexity index is 992. The number of hydrogen-bond acceptors (Lipinski definition) is 2. The summed E-state index contributed by atoms with van der Waals surface area (Å²) in [7, 11) is 0. The minimum atomic E-state index is -0.0156. The number of halogens is 1. The van der Waals surface area contributed by atoms with E-state index < -0.39 is 0 Å². The second kappa shape index (κ2) is 6.99. The Kier molecular flexibility index (Phi) is 4.67. The highest BCUT2D eigenvalue weighted by Gasteiger charge is 2.34. The number of carbonyl (C=O) groups is 1. The molecule has 2 aliphatic rings. The van der Waals surface area contributed by atoms with E-state index in [2.05, 4.69) is 36.4 Å². The molecule has 2 N–H and O–H groups in total. The zero-order valence-corrected chi connectivity index (χ0v) is 15.9. The molecule has 1 aliphatic heterocycles. The Hall–Kier alpha value is -2.36. The van der Waals surface area contributed by atoms with Crippen molar-refractivity contribution in [2.75, 3.05) is 13.1 Å². The second-order valence-corrected chi connectivity index (χ2v) is 7.50. The summed E-state index contributed by atoms with van der Waals surface area (Å²) < 4.78 is 0. The van der Waals surface area contributed by atoms with Crippen molar-refractivity contribution in [3.05, 3.63) is 82.9 Å². The molecule has 0 unspecified atom stereocenters. The van der Waals surface area contributed by atoms with E-state index in [1.165, 1.54) is 22.1 Å². The third-order valence-corrected chi connectivity index (χ3v) is 5.99. The lowest BCUT2D eigenvalue weighted by Crippen LogP contribution is -2.32. The molecule has 0 spiro atoms. The topological polar surface area (TPSA) is 46.3 Å². The summed E-state index contributed by atoms with van der Waals surface area (Å²) in [6.45, 7) is 1.30. The first-order chi connectivity index (χ1) is 12.7. The van der Waals surface area contributed by atoms with Gasteiger partial charge in [-0.3, -0.25) is 4.79 Å². The van der Waals surface area contributed by atoms with Crippen molar-refractivity contribution in [2.24, 2.45) is 5.73 Å². The van der Waals surface area contributed by atoms with Crippen LogP contribution < -0.4 is 5.73 Å². The average molecular weight is 379 g/mol. The maximum absolute atomic E-state index is 13.3. The lowest BCUT2D eigenvalue weighted by Gasteiger charge is -2.18. The van der Waals surface area contributed by atoms with Crippen LogP contribution in [0.15, 0.2) is 60.7 Å². The van der Waals surface area contributed by atoms with Crippen molar-refractivity contribution in [1.82, 2.24) is 4.90 Å². The van der Waals surface area contributed by atoms with Gasteiger partial charge in [0.15, 0.2) is 0 Å². The van der Waals surface area contributed by atoms with Gasteiger partial charge >= 0.3 is 0 Å². The van der Waals surface area contributed by atoms with Gasteiger partial charge in [-0.1, -0.05) is 54.6 Å². The molecule has 2 atom stereocenters. The Morgan fingerprint density at radius 3 is 2.41 bits per heavy atom. The molecule has 27 heavy (non-hydrogen) atoms. The summed E-state index contributed by atoms with van der Waals surface area (Å²) >= 11 is 0. The van der Waals surface area contributed by atoms with Crippen LogP contribution in [0, 0.1) is 0 Å². The van der Waals surface area contributed by atoms with Crippen LogP contribution >= 0.6 is 12.4 Å². The number of nitrogens with two attached hydrogens (primary N) is 1. The van der Waals surface area contributed by atoms with E-state index in [1.807, 2.05) is 29.2 Å². The van der Waals surface area contributed by atoms with Crippen molar-refractivity contribution in [3.8, 4) is 0 Å². The number of likely N-dealkylation sites (tertiary alicyclic amines) is 1. The van der Waals surface area contributed by atoms with Crippen molar-refractivity contribution in [2.45, 2.75) is 24.8 Å². The number of rotatable bonds is 2. The van der Waals surface area contributed by atoms with Gasteiger partial charge in [-0.25, -0.2) is 0 Å². The van der Waals surface area contributed by atoms with Crippen LogP contribution in [-0.2, 0) is 12.8 Å². The molecule has 0 aromatic heterocycles. The predicted molar refractivity (Wildman–Crippen MR) is 112 cm³/mol. The van der Waals surface area contributed by atoms with E-state index in [9.17, 15) is 4.79 Å². The standard InChI is InChI=1S/C23H22N2O.ClH/c24-21-14-25(13-20(21)15-5-2-1-3-6-15)23(26)19-12-11-17-10-9-16-7-4-8-18(19)22(16)17;/h1-8,11-12,20-21H,9-10,13-14,24H2;1H/t20-,21+;/m0./s1. The van der Waals surface area contributed by atoms with Crippen molar-refractivity contribution < 1.29 is 4.79 Å². The van der Waals surface area contributed by atoms with Gasteiger partial charge in [-0.2, -0.15) is 0 Å². The summed E-state index contributed by atoms with van der Waals surface area (Å²) in [6, 6.07) is 20.8. The summed E-state index contributed by atoms with van der Waals surface area (Å²) in [5.41, 5.74) is 11.2. The Morgan fingerprint density at radius 1 is 0.889 bits per heavy atom. The van der Waals surface area contributed by atoms with Gasteiger partial charge in [0.05, 0.1) is 0 Å². The van der Waals surface area contributed by atoms with Gasteiger partial charge in [-0.05, 0) is 46.4 Å². The van der Waals surface area contributed by atoms with Crippen LogP contribution in [-0.4, -0.2) is 29.9 Å². The molecule has 5 rings (SSSR count). The van der Waals surface area contributed by atoms with E-state index in [0.717, 1.165) is 23.8 Å². The van der Waals surface area contributed by atoms with Gasteiger partial charge in [0, 0.05) is 30.6 Å². The van der Waals surface area contributed by atoms with E-state index in [0.29, 0.717) is 13.1 Å². The fourth-order valence-corrected chi connectivity index (χ4v) is 4.65. The molecule has 1 aliphatic carbocycles. The fraction of sp³-hybridized carbons (Fsp3) is 0.261. The van der Waals surface area contributed by atoms with Crippen molar-refractivity contribution in [1.29, 1.82) is 0 Å². The molecule has 1 amide bonds. The number of hydrogen-bond donors (Lipinski definition) is 1. The largest absolute Gasteiger partial charge is 0.336 e. The first-order valence-corrected chi connectivity index (χ1v) is 9.35. The molecular weight excluding hydrogens is 356 g/mol. The molecule has 3 nitrogen and oxygen atoms in total. The van der Waals surface area contributed by atoms with Gasteiger partial charge < -0.3 is 10.6 Å². The van der Waals surface area contributed by atoms with Crippen LogP contribution in [0.1, 0.15) is 33.0 Å². The summed E-state index contributed by atoms with van der Waals surface area (Å²) in [4.78, 5) is 15.2. The normalized spacial score (nSPS) is 20.7. The second-order valence-electron chi connectivity index (χ2n) is 7.50. The Labute approximate surface area is 165 Å². The van der Waals surface area contributed by atoms with E-state index >= 15 is 0 Å². The monoisotopic (exact) mass is 378 g/mol. The highest BCUT2D eigenvalue weighted by Crippen LogP contribution is 2.34. The molecule has 138 valence electrons. The average Bonchev–Trinajstić information content (AvgIpc) is 3.27. The number of amides is 1. The van der Waals surface area contributed by atoms with Gasteiger partial charge in [0.25, 0.3) is 5.91 Å². The number of carbonyl (C=O) groups excluding carboxylic acids is 1. The smallest absolute Gasteiger partial charge is 0.254 e. The van der Waals surface area contributed by atoms with Crippen molar-refractivity contribution >= 4 is 29.1 Å². The van der Waals surface area contributed by atoms with Crippen LogP contribution in [0.25, 0.3) is 10.8 Å². The molecule has 1 heterocycles.